The van der Waals surface area contributed by atoms with Crippen LogP contribution in [-0.4, -0.2) is 6.61 Å². The van der Waals surface area contributed by atoms with Crippen LogP contribution >= 0.6 is 0 Å². The van der Waals surface area contributed by atoms with Crippen molar-refractivity contribution in [3.05, 3.63) is 24.3 Å². The van der Waals surface area contributed by atoms with Crippen molar-refractivity contribution in [3.8, 4) is 5.75 Å². The van der Waals surface area contributed by atoms with E-state index >= 15 is 0 Å². The lowest BCUT2D eigenvalue weighted by Crippen LogP contribution is -3.00. The summed E-state index contributed by atoms with van der Waals surface area (Å²) in [7, 11) is 0. The molecule has 0 aliphatic carbocycles. The van der Waals surface area contributed by atoms with Crippen molar-refractivity contribution >= 4 is 5.69 Å². The van der Waals surface area contributed by atoms with E-state index in [1.165, 1.54) is 0 Å². The fraction of sp³-hybridized carbons (Fsp3) is 0.400. The molecule has 0 radical (unpaired) electrons. The first kappa shape index (κ1) is 12.1. The molecule has 0 saturated heterocycles. The average molecular weight is 201 g/mol. The zero-order valence-electron chi connectivity index (χ0n) is 7.96. The molecule has 13 heavy (non-hydrogen) atoms. The molecule has 74 valence electrons. The van der Waals surface area contributed by atoms with Gasteiger partial charge in [-0.1, -0.05) is 19.9 Å². The quantitative estimate of drug-likeness (QED) is 0.656. The first-order valence-corrected chi connectivity index (χ1v) is 4.17. The third-order valence-electron chi connectivity index (χ3n) is 1.44. The van der Waals surface area contributed by atoms with Crippen LogP contribution in [0.1, 0.15) is 13.8 Å². The number of hydrogen-bond acceptors (Lipinski definition) is 2. The molecule has 0 aliphatic rings. The minimum absolute atomic E-state index is 0. The van der Waals surface area contributed by atoms with E-state index in [4.69, 9.17) is 10.5 Å². The first-order valence-electron chi connectivity index (χ1n) is 4.17. The minimum Gasteiger partial charge on any atom is -1.00 e. The molecule has 2 N–H and O–H groups in total. The molecule has 0 bridgehead atoms. The van der Waals surface area contributed by atoms with Gasteiger partial charge in [-0.2, -0.15) is 0 Å². The summed E-state index contributed by atoms with van der Waals surface area (Å²) >= 11 is 0. The van der Waals surface area contributed by atoms with Crippen molar-refractivity contribution < 1.29 is 17.1 Å². The van der Waals surface area contributed by atoms with Gasteiger partial charge in [-0.05, 0) is 18.1 Å². The molecule has 3 heteroatoms. The molecule has 0 saturated carbocycles. The van der Waals surface area contributed by atoms with Crippen LogP contribution in [0.15, 0.2) is 24.3 Å². The second kappa shape index (κ2) is 5.70. The summed E-state index contributed by atoms with van der Waals surface area (Å²) in [5.41, 5.74) is 6.33. The highest BCUT2D eigenvalue weighted by Gasteiger charge is 1.96. The van der Waals surface area contributed by atoms with Crippen LogP contribution in [0.2, 0.25) is 0 Å². The molecule has 0 spiro atoms. The summed E-state index contributed by atoms with van der Waals surface area (Å²) in [6.45, 7) is 4.97. The van der Waals surface area contributed by atoms with Crippen molar-refractivity contribution in [2.75, 3.05) is 12.3 Å². The fourth-order valence-electron chi connectivity index (χ4n) is 0.867. The van der Waals surface area contributed by atoms with Gasteiger partial charge in [0.05, 0.1) is 6.61 Å². The molecule has 0 fully saturated rings. The van der Waals surface area contributed by atoms with Gasteiger partial charge in [-0.15, -0.1) is 0 Å². The first-order chi connectivity index (χ1) is 5.68. The van der Waals surface area contributed by atoms with E-state index in [-0.39, 0.29) is 12.4 Å². The van der Waals surface area contributed by atoms with Crippen molar-refractivity contribution in [1.82, 2.24) is 0 Å². The molecule has 1 aromatic rings. The second-order valence-electron chi connectivity index (χ2n) is 3.28. The Kier molecular flexibility index (Phi) is 5.31. The Morgan fingerprint density at radius 2 is 2.08 bits per heavy atom. The topological polar surface area (TPSA) is 35.2 Å². The van der Waals surface area contributed by atoms with Crippen LogP contribution in [-0.2, 0) is 0 Å². The number of benzene rings is 1. The van der Waals surface area contributed by atoms with Crippen LogP contribution in [0.5, 0.6) is 5.75 Å². The van der Waals surface area contributed by atoms with Crippen LogP contribution in [0.4, 0.5) is 5.69 Å². The van der Waals surface area contributed by atoms with E-state index in [1.807, 2.05) is 24.3 Å². The molecule has 0 unspecified atom stereocenters. The fourth-order valence-corrected chi connectivity index (χ4v) is 0.867. The number of nitrogen functional groups attached to an aromatic ring is 1. The number of hydrogen-bond donors (Lipinski definition) is 1. The highest BCUT2D eigenvalue weighted by atomic mass is 35.5. The van der Waals surface area contributed by atoms with E-state index in [9.17, 15) is 0 Å². The van der Waals surface area contributed by atoms with Crippen molar-refractivity contribution in [2.24, 2.45) is 5.92 Å². The lowest BCUT2D eigenvalue weighted by Gasteiger charge is -2.08. The Morgan fingerprint density at radius 1 is 1.38 bits per heavy atom. The Balaban J connectivity index is 0.00000144. The minimum atomic E-state index is 0. The van der Waals surface area contributed by atoms with Gasteiger partial charge in [0, 0.05) is 11.8 Å². The normalized spacial score (nSPS) is 9.46. The Hall–Kier alpha value is -0.890. The summed E-state index contributed by atoms with van der Waals surface area (Å²) in [5.74, 6) is 1.40. The summed E-state index contributed by atoms with van der Waals surface area (Å²) in [6, 6.07) is 7.49. The highest BCUT2D eigenvalue weighted by molar-refractivity contribution is 5.43. The summed E-state index contributed by atoms with van der Waals surface area (Å²) in [4.78, 5) is 0. The van der Waals surface area contributed by atoms with Gasteiger partial charge in [0.25, 0.3) is 0 Å². The van der Waals surface area contributed by atoms with Gasteiger partial charge in [0.15, 0.2) is 0 Å². The monoisotopic (exact) mass is 200 g/mol. The maximum Gasteiger partial charge on any atom is 0.121 e. The number of anilines is 1. The average Bonchev–Trinajstić information content (AvgIpc) is 2.01. The molecular weight excluding hydrogens is 186 g/mol. The Morgan fingerprint density at radius 3 is 2.62 bits per heavy atom. The highest BCUT2D eigenvalue weighted by Crippen LogP contribution is 2.14. The van der Waals surface area contributed by atoms with Gasteiger partial charge in [0.2, 0.25) is 0 Å². The maximum absolute atomic E-state index is 5.58. The van der Waals surface area contributed by atoms with Gasteiger partial charge in [0.1, 0.15) is 5.75 Å². The molecule has 0 aliphatic heterocycles. The van der Waals surface area contributed by atoms with E-state index < -0.39 is 0 Å². The summed E-state index contributed by atoms with van der Waals surface area (Å²) in [5, 5.41) is 0. The standard InChI is InChI=1S/C10H15NO.ClH/c1-8(2)7-12-10-5-3-4-9(11)6-10;/h3-6,8H,7,11H2,1-2H3;1H/p-1. The van der Waals surface area contributed by atoms with Crippen LogP contribution in [0.3, 0.4) is 0 Å². The van der Waals surface area contributed by atoms with E-state index in [2.05, 4.69) is 13.8 Å². The maximum atomic E-state index is 5.58. The van der Waals surface area contributed by atoms with Crippen molar-refractivity contribution in [3.63, 3.8) is 0 Å². The zero-order chi connectivity index (χ0) is 8.97. The van der Waals surface area contributed by atoms with Gasteiger partial charge in [-0.25, -0.2) is 0 Å². The third kappa shape index (κ3) is 4.63. The summed E-state index contributed by atoms with van der Waals surface area (Å²) in [6.07, 6.45) is 0. The molecule has 0 atom stereocenters. The van der Waals surface area contributed by atoms with Gasteiger partial charge < -0.3 is 22.9 Å². The smallest absolute Gasteiger partial charge is 0.121 e. The summed E-state index contributed by atoms with van der Waals surface area (Å²) < 4.78 is 5.47. The van der Waals surface area contributed by atoms with Crippen molar-refractivity contribution in [2.45, 2.75) is 13.8 Å². The Labute approximate surface area is 85.5 Å². The van der Waals surface area contributed by atoms with Crippen LogP contribution in [0.25, 0.3) is 0 Å². The van der Waals surface area contributed by atoms with E-state index in [1.54, 1.807) is 0 Å². The van der Waals surface area contributed by atoms with Crippen LogP contribution < -0.4 is 22.9 Å². The zero-order valence-corrected chi connectivity index (χ0v) is 8.71. The van der Waals surface area contributed by atoms with E-state index in [0.717, 1.165) is 18.0 Å². The SMILES string of the molecule is CC(C)COc1cccc(N)c1.[Cl-]. The molecular formula is C10H15ClNO-. The number of halogens is 1. The molecule has 2 nitrogen and oxygen atoms in total. The van der Waals surface area contributed by atoms with E-state index in [0.29, 0.717) is 5.92 Å². The lowest BCUT2D eigenvalue weighted by atomic mass is 10.2. The second-order valence-corrected chi connectivity index (χ2v) is 3.28. The predicted octanol–water partition coefficient (Wildman–Crippen LogP) is -0.692. The molecule has 0 heterocycles. The lowest BCUT2D eigenvalue weighted by molar-refractivity contribution is -0.00000305. The number of nitrogens with two attached hydrogens (primary N) is 1. The largest absolute Gasteiger partial charge is 1.00 e. The third-order valence-corrected chi connectivity index (χ3v) is 1.44. The number of ether oxygens (including phenoxy) is 1. The van der Waals surface area contributed by atoms with Gasteiger partial charge in [-0.3, -0.25) is 0 Å². The molecule has 0 amide bonds. The number of rotatable bonds is 3. The van der Waals surface area contributed by atoms with Crippen molar-refractivity contribution in [1.29, 1.82) is 0 Å². The molecule has 1 rings (SSSR count). The Bertz CT molecular complexity index is 250. The molecule has 0 aromatic heterocycles. The van der Waals surface area contributed by atoms with Crippen LogP contribution in [0, 0.1) is 5.92 Å². The predicted molar refractivity (Wildman–Crippen MR) is 51.2 cm³/mol. The molecule has 1 aromatic carbocycles. The van der Waals surface area contributed by atoms with Gasteiger partial charge >= 0.3 is 0 Å².